The number of aromatic nitrogens is 5. The summed E-state index contributed by atoms with van der Waals surface area (Å²) in [5, 5.41) is 6.19. The third-order valence-electron chi connectivity index (χ3n) is 6.12. The molecule has 0 spiro atoms. The van der Waals surface area contributed by atoms with Gasteiger partial charge in [0.2, 0.25) is 23.5 Å². The molecule has 2 amide bonds. The molecule has 6 rings (SSSR count). The zero-order chi connectivity index (χ0) is 25.5. The molecular weight excluding hydrogens is 483 g/mol. The summed E-state index contributed by atoms with van der Waals surface area (Å²) in [7, 11) is 0. The minimum atomic E-state index is -0.859. The maximum atomic E-state index is 15.3. The molecule has 37 heavy (non-hydrogen) atoms. The van der Waals surface area contributed by atoms with Gasteiger partial charge in [-0.25, -0.2) is 19.2 Å². The van der Waals surface area contributed by atoms with E-state index in [4.69, 9.17) is 8.94 Å². The predicted octanol–water partition coefficient (Wildman–Crippen LogP) is 2.81. The summed E-state index contributed by atoms with van der Waals surface area (Å²) >= 11 is 0. The standard InChI is InChI=1S/C25H17FN6O5/c26-22-14(16-8-9-27-12-28-16)2-1-3-15(22)23-30-21(37-31-23)11-13-4-6-19-18(10-13)32(25(35)36-19)17-5-7-20(33)29-24(17)34/h1-4,6,8-10,12,17H,5,7,11H2,(H,29,33,34). The Bertz CT molecular complexity index is 1720. The zero-order valence-electron chi connectivity index (χ0n) is 19.1. The number of nitrogens with one attached hydrogen (secondary N) is 1. The highest BCUT2D eigenvalue weighted by Gasteiger charge is 2.31. The van der Waals surface area contributed by atoms with Gasteiger partial charge in [-0.2, -0.15) is 4.98 Å². The molecule has 1 aliphatic heterocycles. The lowest BCUT2D eigenvalue weighted by Crippen LogP contribution is -2.43. The Balaban J connectivity index is 1.30. The van der Waals surface area contributed by atoms with Gasteiger partial charge in [0, 0.05) is 18.2 Å². The number of hydrogen-bond acceptors (Lipinski definition) is 9. The van der Waals surface area contributed by atoms with Crippen LogP contribution in [0, 0.1) is 5.82 Å². The molecule has 12 heteroatoms. The van der Waals surface area contributed by atoms with E-state index in [0.29, 0.717) is 22.4 Å². The molecule has 1 atom stereocenters. The normalized spacial score (nSPS) is 15.8. The van der Waals surface area contributed by atoms with Gasteiger partial charge in [0.25, 0.3) is 0 Å². The second-order valence-electron chi connectivity index (χ2n) is 8.46. The monoisotopic (exact) mass is 500 g/mol. The minimum absolute atomic E-state index is 0.0771. The maximum absolute atomic E-state index is 15.3. The van der Waals surface area contributed by atoms with Crippen molar-refractivity contribution in [3.05, 3.63) is 82.8 Å². The molecule has 0 bridgehead atoms. The van der Waals surface area contributed by atoms with Crippen molar-refractivity contribution in [2.24, 2.45) is 0 Å². The van der Waals surface area contributed by atoms with Gasteiger partial charge < -0.3 is 8.94 Å². The zero-order valence-corrected chi connectivity index (χ0v) is 19.1. The number of hydrogen-bond donors (Lipinski definition) is 1. The van der Waals surface area contributed by atoms with Crippen LogP contribution >= 0.6 is 0 Å². The van der Waals surface area contributed by atoms with Crippen LogP contribution in [0.5, 0.6) is 0 Å². The van der Waals surface area contributed by atoms with Gasteiger partial charge in [-0.05, 0) is 42.3 Å². The smallest absolute Gasteiger partial charge is 0.408 e. The van der Waals surface area contributed by atoms with Crippen molar-refractivity contribution in [2.45, 2.75) is 25.3 Å². The van der Waals surface area contributed by atoms with Crippen LogP contribution in [0.3, 0.4) is 0 Å². The average molecular weight is 500 g/mol. The summed E-state index contributed by atoms with van der Waals surface area (Å²) in [5.41, 5.74) is 2.26. The first-order valence-electron chi connectivity index (χ1n) is 11.3. The van der Waals surface area contributed by atoms with E-state index < -0.39 is 23.5 Å². The van der Waals surface area contributed by atoms with Crippen LogP contribution in [0.15, 0.2) is 68.7 Å². The van der Waals surface area contributed by atoms with E-state index in [-0.39, 0.29) is 48.0 Å². The third-order valence-corrected chi connectivity index (χ3v) is 6.12. The molecule has 1 fully saturated rings. The number of carbonyl (C=O) groups is 2. The number of imide groups is 1. The molecule has 184 valence electrons. The first-order valence-corrected chi connectivity index (χ1v) is 11.3. The maximum Gasteiger partial charge on any atom is 0.420 e. The number of amides is 2. The number of rotatable bonds is 5. The van der Waals surface area contributed by atoms with Crippen molar-refractivity contribution in [2.75, 3.05) is 0 Å². The molecule has 2 aromatic carbocycles. The summed E-state index contributed by atoms with van der Waals surface area (Å²) in [4.78, 5) is 48.7. The van der Waals surface area contributed by atoms with Crippen LogP contribution in [-0.2, 0) is 16.0 Å². The Morgan fingerprint density at radius 3 is 2.78 bits per heavy atom. The Morgan fingerprint density at radius 1 is 1.11 bits per heavy atom. The van der Waals surface area contributed by atoms with Crippen LogP contribution in [0.2, 0.25) is 0 Å². The predicted molar refractivity (Wildman–Crippen MR) is 125 cm³/mol. The van der Waals surface area contributed by atoms with Crippen LogP contribution in [0.25, 0.3) is 33.7 Å². The van der Waals surface area contributed by atoms with Gasteiger partial charge in [0.15, 0.2) is 5.58 Å². The molecule has 1 saturated heterocycles. The third kappa shape index (κ3) is 4.07. The van der Waals surface area contributed by atoms with E-state index in [0.717, 1.165) is 0 Å². The summed E-state index contributed by atoms with van der Waals surface area (Å²) in [6.45, 7) is 0. The van der Waals surface area contributed by atoms with E-state index in [2.05, 4.69) is 25.4 Å². The number of fused-ring (bicyclic) bond motifs is 1. The molecule has 1 N–H and O–H groups in total. The van der Waals surface area contributed by atoms with Crippen molar-refractivity contribution in [1.29, 1.82) is 0 Å². The first-order chi connectivity index (χ1) is 18.0. The van der Waals surface area contributed by atoms with Gasteiger partial charge in [-0.3, -0.25) is 19.5 Å². The van der Waals surface area contributed by atoms with Crippen molar-refractivity contribution < 1.29 is 22.9 Å². The lowest BCUT2D eigenvalue weighted by atomic mass is 10.1. The summed E-state index contributed by atoms with van der Waals surface area (Å²) in [6.07, 6.45) is 3.36. The van der Waals surface area contributed by atoms with Crippen molar-refractivity contribution >= 4 is 22.9 Å². The number of benzene rings is 2. The molecular formula is C25H17FN6O5. The minimum Gasteiger partial charge on any atom is -0.408 e. The Kier molecular flexibility index (Phi) is 5.40. The number of piperidine rings is 1. The van der Waals surface area contributed by atoms with Crippen LogP contribution in [0.1, 0.15) is 30.3 Å². The van der Waals surface area contributed by atoms with Gasteiger partial charge >= 0.3 is 5.76 Å². The summed E-state index contributed by atoms with van der Waals surface area (Å²) in [6, 6.07) is 10.6. The van der Waals surface area contributed by atoms with E-state index in [1.165, 1.54) is 17.1 Å². The number of carbonyl (C=O) groups excluding carboxylic acids is 2. The first kappa shape index (κ1) is 22.5. The fourth-order valence-corrected chi connectivity index (χ4v) is 4.38. The van der Waals surface area contributed by atoms with Gasteiger partial charge in [0.05, 0.1) is 23.2 Å². The fraction of sp³-hybridized carbons (Fsp3) is 0.160. The second kappa shape index (κ2) is 8.90. The molecule has 11 nitrogen and oxygen atoms in total. The molecule has 3 aromatic heterocycles. The largest absolute Gasteiger partial charge is 0.420 e. The van der Waals surface area contributed by atoms with E-state index in [1.54, 1.807) is 42.5 Å². The Morgan fingerprint density at radius 2 is 1.97 bits per heavy atom. The van der Waals surface area contributed by atoms with Gasteiger partial charge in [0.1, 0.15) is 18.2 Å². The van der Waals surface area contributed by atoms with Crippen LogP contribution < -0.4 is 11.1 Å². The number of oxazole rings is 1. The molecule has 1 aliphatic rings. The molecule has 0 radical (unpaired) electrons. The Hall–Kier alpha value is -5.00. The quantitative estimate of drug-likeness (QED) is 0.360. The van der Waals surface area contributed by atoms with Crippen LogP contribution in [0.4, 0.5) is 4.39 Å². The highest BCUT2D eigenvalue weighted by Crippen LogP contribution is 2.29. The lowest BCUT2D eigenvalue weighted by molar-refractivity contribution is -0.135. The van der Waals surface area contributed by atoms with Crippen molar-refractivity contribution in [1.82, 2.24) is 30.0 Å². The second-order valence-corrected chi connectivity index (χ2v) is 8.46. The summed E-state index contributed by atoms with van der Waals surface area (Å²) < 4.78 is 27.2. The van der Waals surface area contributed by atoms with Crippen molar-refractivity contribution in [3.63, 3.8) is 0 Å². The van der Waals surface area contributed by atoms with Crippen LogP contribution in [-0.4, -0.2) is 36.5 Å². The molecule has 0 saturated carbocycles. The van der Waals surface area contributed by atoms with Gasteiger partial charge in [-0.1, -0.05) is 17.3 Å². The van der Waals surface area contributed by atoms with E-state index in [1.807, 2.05) is 0 Å². The number of nitrogens with zero attached hydrogens (tertiary/aromatic N) is 5. The molecule has 4 heterocycles. The molecule has 0 aliphatic carbocycles. The molecule has 5 aromatic rings. The average Bonchev–Trinajstić information content (AvgIpc) is 3.48. The van der Waals surface area contributed by atoms with E-state index in [9.17, 15) is 14.4 Å². The number of halogens is 1. The highest BCUT2D eigenvalue weighted by atomic mass is 19.1. The van der Waals surface area contributed by atoms with Crippen molar-refractivity contribution in [3.8, 4) is 22.6 Å². The topological polar surface area (TPSA) is 146 Å². The highest BCUT2D eigenvalue weighted by molar-refractivity contribution is 6.00. The SMILES string of the molecule is O=C1CCC(n2c(=O)oc3ccc(Cc4nc(-c5cccc(-c6ccncn6)c5F)no4)cc32)C(=O)N1. The lowest BCUT2D eigenvalue weighted by Gasteiger charge is -2.21. The molecule has 1 unspecified atom stereocenters. The van der Waals surface area contributed by atoms with E-state index >= 15 is 4.39 Å². The summed E-state index contributed by atoms with van der Waals surface area (Å²) in [5.74, 6) is -1.87. The van der Waals surface area contributed by atoms with Gasteiger partial charge in [-0.15, -0.1) is 0 Å². The fourth-order valence-electron chi connectivity index (χ4n) is 4.38. The Labute approximate surface area is 207 Å².